The number of halogens is 1. The highest BCUT2D eigenvalue weighted by Gasteiger charge is 2.33. The second-order valence-corrected chi connectivity index (χ2v) is 7.52. The molecule has 0 aliphatic carbocycles. The van der Waals surface area contributed by atoms with E-state index < -0.39 is 0 Å². The van der Waals surface area contributed by atoms with Gasteiger partial charge in [0, 0.05) is 44.9 Å². The van der Waals surface area contributed by atoms with E-state index in [0.717, 1.165) is 57.7 Å². The lowest BCUT2D eigenvalue weighted by Gasteiger charge is -2.27. The monoisotopic (exact) mass is 394 g/mol. The van der Waals surface area contributed by atoms with E-state index in [4.69, 9.17) is 0 Å². The van der Waals surface area contributed by atoms with Crippen molar-refractivity contribution in [3.63, 3.8) is 0 Å². The van der Waals surface area contributed by atoms with Gasteiger partial charge in [0.1, 0.15) is 5.82 Å². The van der Waals surface area contributed by atoms with Crippen molar-refractivity contribution in [2.24, 2.45) is 5.92 Å². The molecule has 2 amide bonds. The van der Waals surface area contributed by atoms with Gasteiger partial charge in [-0.1, -0.05) is 13.3 Å². The maximum absolute atomic E-state index is 12.8. The third-order valence-electron chi connectivity index (χ3n) is 5.45. The summed E-state index contributed by atoms with van der Waals surface area (Å²) in [6.07, 6.45) is 7.29. The number of rotatable bonds is 5. The zero-order valence-corrected chi connectivity index (χ0v) is 17.1. The standard InChI is InChI=1S/C20H30N4O2.ClH/c1-3-7-17-13-24(14-18(17)22-15(2)25)19-12-16(8-9-21-19)20(26)23-10-5-4-6-11-23;/h8-9,12,17-18H,3-7,10-11,13-14H2,1-2H3,(H,22,25);1H/t17-,18-;/m0./s1. The van der Waals surface area contributed by atoms with Gasteiger partial charge >= 0.3 is 0 Å². The highest BCUT2D eigenvalue weighted by Crippen LogP contribution is 2.26. The Kier molecular flexibility index (Phi) is 7.90. The van der Waals surface area contributed by atoms with Crippen molar-refractivity contribution in [2.45, 2.75) is 52.0 Å². The molecule has 2 atom stereocenters. The first-order valence-corrected chi connectivity index (χ1v) is 9.86. The van der Waals surface area contributed by atoms with Crippen molar-refractivity contribution in [3.05, 3.63) is 23.9 Å². The Bertz CT molecular complexity index is 649. The van der Waals surface area contributed by atoms with E-state index in [1.54, 1.807) is 13.1 Å². The van der Waals surface area contributed by atoms with E-state index in [9.17, 15) is 9.59 Å². The first-order valence-electron chi connectivity index (χ1n) is 9.86. The molecule has 3 heterocycles. The van der Waals surface area contributed by atoms with Crippen LogP contribution >= 0.6 is 12.4 Å². The smallest absolute Gasteiger partial charge is 0.254 e. The zero-order chi connectivity index (χ0) is 18.5. The molecule has 0 saturated carbocycles. The fraction of sp³-hybridized carbons (Fsp3) is 0.650. The van der Waals surface area contributed by atoms with Crippen LogP contribution in [-0.2, 0) is 4.79 Å². The SMILES string of the molecule is CCC[C@H]1CN(c2cc(C(=O)N3CCCCC3)ccn2)C[C@@H]1NC(C)=O.Cl. The maximum Gasteiger partial charge on any atom is 0.254 e. The van der Waals surface area contributed by atoms with Gasteiger partial charge in [0.25, 0.3) is 5.91 Å². The number of likely N-dealkylation sites (tertiary alicyclic amines) is 1. The Morgan fingerprint density at radius 3 is 2.63 bits per heavy atom. The fourth-order valence-electron chi connectivity index (χ4n) is 4.15. The third kappa shape index (κ3) is 5.34. The lowest BCUT2D eigenvalue weighted by atomic mass is 9.98. The van der Waals surface area contributed by atoms with Gasteiger partial charge in [0.15, 0.2) is 0 Å². The molecule has 1 aromatic rings. The van der Waals surface area contributed by atoms with Crippen molar-refractivity contribution in [2.75, 3.05) is 31.1 Å². The van der Waals surface area contributed by atoms with Gasteiger partial charge < -0.3 is 15.1 Å². The van der Waals surface area contributed by atoms with E-state index in [1.165, 1.54) is 6.42 Å². The van der Waals surface area contributed by atoms with Crippen molar-refractivity contribution in [3.8, 4) is 0 Å². The maximum atomic E-state index is 12.8. The minimum atomic E-state index is 0. The highest BCUT2D eigenvalue weighted by atomic mass is 35.5. The van der Waals surface area contributed by atoms with E-state index in [0.29, 0.717) is 11.5 Å². The minimum absolute atomic E-state index is 0. The number of nitrogens with zero attached hydrogens (tertiary/aromatic N) is 3. The molecule has 27 heavy (non-hydrogen) atoms. The van der Waals surface area contributed by atoms with E-state index >= 15 is 0 Å². The van der Waals surface area contributed by atoms with Gasteiger partial charge in [-0.15, -0.1) is 12.4 Å². The summed E-state index contributed by atoms with van der Waals surface area (Å²) in [5, 5.41) is 3.08. The average Bonchev–Trinajstić information content (AvgIpc) is 3.04. The molecular formula is C20H31ClN4O2. The van der Waals surface area contributed by atoms with Crippen molar-refractivity contribution >= 4 is 30.0 Å². The van der Waals surface area contributed by atoms with Gasteiger partial charge in [0.2, 0.25) is 5.91 Å². The van der Waals surface area contributed by atoms with Crippen molar-refractivity contribution in [1.29, 1.82) is 0 Å². The lowest BCUT2D eigenvalue weighted by Crippen LogP contribution is -2.39. The number of aromatic nitrogens is 1. The minimum Gasteiger partial charge on any atom is -0.354 e. The number of carbonyl (C=O) groups is 2. The Hall–Kier alpha value is -1.82. The zero-order valence-electron chi connectivity index (χ0n) is 16.3. The van der Waals surface area contributed by atoms with Crippen molar-refractivity contribution in [1.82, 2.24) is 15.2 Å². The van der Waals surface area contributed by atoms with Crippen LogP contribution in [0.15, 0.2) is 18.3 Å². The molecule has 7 heteroatoms. The van der Waals surface area contributed by atoms with Crippen LogP contribution in [0, 0.1) is 5.92 Å². The summed E-state index contributed by atoms with van der Waals surface area (Å²) in [5.41, 5.74) is 0.715. The summed E-state index contributed by atoms with van der Waals surface area (Å²) in [6, 6.07) is 3.87. The molecule has 2 aliphatic rings. The fourth-order valence-corrected chi connectivity index (χ4v) is 4.15. The number of carbonyl (C=O) groups excluding carboxylic acids is 2. The second-order valence-electron chi connectivity index (χ2n) is 7.52. The summed E-state index contributed by atoms with van der Waals surface area (Å²) in [6.45, 7) is 7.06. The molecule has 150 valence electrons. The molecule has 0 radical (unpaired) electrons. The Morgan fingerprint density at radius 2 is 1.96 bits per heavy atom. The Morgan fingerprint density at radius 1 is 1.22 bits per heavy atom. The molecule has 0 bridgehead atoms. The van der Waals surface area contributed by atoms with Crippen LogP contribution in [0.5, 0.6) is 0 Å². The van der Waals surface area contributed by atoms with Crippen LogP contribution in [0.2, 0.25) is 0 Å². The molecule has 3 rings (SSSR count). The van der Waals surface area contributed by atoms with Gasteiger partial charge in [-0.05, 0) is 43.7 Å². The predicted molar refractivity (Wildman–Crippen MR) is 109 cm³/mol. The second kappa shape index (κ2) is 9.93. The van der Waals surface area contributed by atoms with Gasteiger partial charge in [0.05, 0.1) is 6.04 Å². The van der Waals surface area contributed by atoms with Crippen LogP contribution in [0.25, 0.3) is 0 Å². The van der Waals surface area contributed by atoms with E-state index in [1.807, 2.05) is 17.0 Å². The first kappa shape index (κ1) is 21.5. The van der Waals surface area contributed by atoms with Crippen LogP contribution in [-0.4, -0.2) is 53.9 Å². The summed E-state index contributed by atoms with van der Waals surface area (Å²) in [7, 11) is 0. The molecule has 2 aliphatic heterocycles. The number of hydrogen-bond acceptors (Lipinski definition) is 4. The predicted octanol–water partition coefficient (Wildman–Crippen LogP) is 2.87. The molecule has 2 saturated heterocycles. The topological polar surface area (TPSA) is 65.5 Å². The molecule has 0 unspecified atom stereocenters. The van der Waals surface area contributed by atoms with Gasteiger partial charge in [-0.25, -0.2) is 4.98 Å². The lowest BCUT2D eigenvalue weighted by molar-refractivity contribution is -0.119. The number of amides is 2. The molecule has 1 aromatic heterocycles. The summed E-state index contributed by atoms with van der Waals surface area (Å²) < 4.78 is 0. The summed E-state index contributed by atoms with van der Waals surface area (Å²) in [5.74, 6) is 1.38. The Balaban J connectivity index is 0.00000261. The van der Waals surface area contributed by atoms with E-state index in [2.05, 4.69) is 22.1 Å². The van der Waals surface area contributed by atoms with Gasteiger partial charge in [-0.3, -0.25) is 9.59 Å². The number of anilines is 1. The molecule has 0 aromatic carbocycles. The molecule has 1 N–H and O–H groups in total. The Labute approximate surface area is 168 Å². The van der Waals surface area contributed by atoms with Crippen LogP contribution < -0.4 is 10.2 Å². The van der Waals surface area contributed by atoms with Crippen LogP contribution in [0.3, 0.4) is 0 Å². The highest BCUT2D eigenvalue weighted by molar-refractivity contribution is 5.95. The van der Waals surface area contributed by atoms with Gasteiger partial charge in [-0.2, -0.15) is 0 Å². The molecular weight excluding hydrogens is 364 g/mol. The first-order chi connectivity index (χ1) is 12.6. The van der Waals surface area contributed by atoms with Crippen LogP contribution in [0.4, 0.5) is 5.82 Å². The third-order valence-corrected chi connectivity index (χ3v) is 5.45. The number of nitrogens with one attached hydrogen (secondary N) is 1. The average molecular weight is 395 g/mol. The molecule has 0 spiro atoms. The molecule has 6 nitrogen and oxygen atoms in total. The molecule has 2 fully saturated rings. The number of hydrogen-bond donors (Lipinski definition) is 1. The number of piperidine rings is 1. The van der Waals surface area contributed by atoms with Crippen molar-refractivity contribution < 1.29 is 9.59 Å². The largest absolute Gasteiger partial charge is 0.354 e. The van der Waals surface area contributed by atoms with E-state index in [-0.39, 0.29) is 30.3 Å². The number of pyridine rings is 1. The van der Waals surface area contributed by atoms with Crippen LogP contribution in [0.1, 0.15) is 56.3 Å². The normalized spacial score (nSPS) is 22.3. The summed E-state index contributed by atoms with van der Waals surface area (Å²) >= 11 is 0. The quantitative estimate of drug-likeness (QED) is 0.833. The summed E-state index contributed by atoms with van der Waals surface area (Å²) in [4.78, 5) is 32.9.